The zero-order valence-corrected chi connectivity index (χ0v) is 9.70. The highest BCUT2D eigenvalue weighted by Gasteiger charge is 2.48. The highest BCUT2D eigenvalue weighted by atomic mass is 16.1. The molecule has 1 aliphatic heterocycles. The van der Waals surface area contributed by atoms with Crippen LogP contribution in [0.25, 0.3) is 0 Å². The van der Waals surface area contributed by atoms with Crippen molar-refractivity contribution in [1.82, 2.24) is 4.90 Å². The Labute approximate surface area is 87.7 Å². The highest BCUT2D eigenvalue weighted by Crippen LogP contribution is 2.34. The van der Waals surface area contributed by atoms with Gasteiger partial charge in [0, 0.05) is 12.1 Å². The van der Waals surface area contributed by atoms with E-state index >= 15 is 0 Å². The van der Waals surface area contributed by atoms with Crippen LogP contribution in [0.2, 0.25) is 0 Å². The molecule has 1 aliphatic rings. The summed E-state index contributed by atoms with van der Waals surface area (Å²) in [7, 11) is 0. The van der Waals surface area contributed by atoms with Crippen molar-refractivity contribution < 1.29 is 4.79 Å². The second-order valence-corrected chi connectivity index (χ2v) is 4.39. The molecule has 1 saturated heterocycles. The molecule has 14 heavy (non-hydrogen) atoms. The normalized spacial score (nSPS) is 32.6. The average Bonchev–Trinajstić information content (AvgIpc) is 2.90. The van der Waals surface area contributed by atoms with Crippen molar-refractivity contribution in [2.45, 2.75) is 71.0 Å². The van der Waals surface area contributed by atoms with Crippen molar-refractivity contribution in [2.75, 3.05) is 0 Å². The molecular weight excluding hydrogens is 174 g/mol. The van der Waals surface area contributed by atoms with Gasteiger partial charge in [0.1, 0.15) is 6.29 Å². The van der Waals surface area contributed by atoms with Crippen LogP contribution in [-0.4, -0.2) is 29.3 Å². The fourth-order valence-corrected chi connectivity index (χ4v) is 2.24. The van der Waals surface area contributed by atoms with Gasteiger partial charge in [0.2, 0.25) is 0 Å². The maximum absolute atomic E-state index is 10.8. The molecule has 0 N–H and O–H groups in total. The van der Waals surface area contributed by atoms with Gasteiger partial charge >= 0.3 is 0 Å². The van der Waals surface area contributed by atoms with Crippen LogP contribution in [0.4, 0.5) is 0 Å². The third kappa shape index (κ3) is 2.57. The molecule has 2 nitrogen and oxygen atoms in total. The molecule has 0 saturated carbocycles. The second kappa shape index (κ2) is 5.50. The van der Waals surface area contributed by atoms with E-state index < -0.39 is 0 Å². The van der Waals surface area contributed by atoms with E-state index in [2.05, 4.69) is 25.7 Å². The molecule has 1 fully saturated rings. The Kier molecular flexibility index (Phi) is 4.59. The predicted octanol–water partition coefficient (Wildman–Crippen LogP) is 2.62. The van der Waals surface area contributed by atoms with Crippen LogP contribution in [-0.2, 0) is 4.79 Å². The largest absolute Gasteiger partial charge is 0.302 e. The first-order valence-electron chi connectivity index (χ1n) is 5.99. The molecule has 0 aromatic rings. The van der Waals surface area contributed by atoms with Gasteiger partial charge in [0.25, 0.3) is 0 Å². The van der Waals surface area contributed by atoms with Gasteiger partial charge in [-0.3, -0.25) is 4.90 Å². The average molecular weight is 197 g/mol. The Balaban J connectivity index is 2.28. The summed E-state index contributed by atoms with van der Waals surface area (Å²) >= 11 is 0. The topological polar surface area (TPSA) is 20.1 Å². The monoisotopic (exact) mass is 197 g/mol. The van der Waals surface area contributed by atoms with Gasteiger partial charge in [-0.25, -0.2) is 0 Å². The minimum atomic E-state index is 0.238. The van der Waals surface area contributed by atoms with E-state index in [1.54, 1.807) is 0 Å². The van der Waals surface area contributed by atoms with E-state index in [9.17, 15) is 4.79 Å². The molecular formula is C12H23NO. The van der Waals surface area contributed by atoms with Gasteiger partial charge in [-0.1, -0.05) is 33.1 Å². The number of hydrogen-bond donors (Lipinski definition) is 0. The molecule has 0 spiro atoms. The molecule has 2 heteroatoms. The van der Waals surface area contributed by atoms with Crippen LogP contribution in [0.5, 0.6) is 0 Å². The minimum absolute atomic E-state index is 0.238. The fraction of sp³-hybridized carbons (Fsp3) is 0.917. The molecule has 82 valence electrons. The van der Waals surface area contributed by atoms with Crippen molar-refractivity contribution in [2.24, 2.45) is 0 Å². The Morgan fingerprint density at radius 1 is 1.36 bits per heavy atom. The number of carbonyl (C=O) groups is 1. The standard InChI is InChI=1S/C12H23NO/c1-4-6-7-8-11-12(9-14)13(11)10(3)5-2/h9-12H,4-8H2,1-3H3. The molecule has 4 unspecified atom stereocenters. The van der Waals surface area contributed by atoms with Crippen LogP contribution >= 0.6 is 0 Å². The van der Waals surface area contributed by atoms with Crippen molar-refractivity contribution >= 4 is 6.29 Å². The predicted molar refractivity (Wildman–Crippen MR) is 59.4 cm³/mol. The number of carbonyl (C=O) groups excluding carboxylic acids is 1. The number of hydrogen-bond acceptors (Lipinski definition) is 2. The lowest BCUT2D eigenvalue weighted by Gasteiger charge is -2.10. The van der Waals surface area contributed by atoms with Gasteiger partial charge in [-0.15, -0.1) is 0 Å². The number of aldehydes is 1. The van der Waals surface area contributed by atoms with Crippen molar-refractivity contribution in [3.63, 3.8) is 0 Å². The maximum Gasteiger partial charge on any atom is 0.138 e. The summed E-state index contributed by atoms with van der Waals surface area (Å²) in [6.45, 7) is 6.63. The molecule has 0 aromatic carbocycles. The number of unbranched alkanes of at least 4 members (excludes halogenated alkanes) is 2. The van der Waals surface area contributed by atoms with E-state index in [4.69, 9.17) is 0 Å². The third-order valence-corrected chi connectivity index (χ3v) is 3.37. The Bertz CT molecular complexity index is 181. The Hall–Kier alpha value is -0.370. The summed E-state index contributed by atoms with van der Waals surface area (Å²) in [6.07, 6.45) is 7.33. The van der Waals surface area contributed by atoms with Crippen LogP contribution < -0.4 is 0 Å². The second-order valence-electron chi connectivity index (χ2n) is 4.39. The van der Waals surface area contributed by atoms with E-state index in [-0.39, 0.29) is 6.04 Å². The summed E-state index contributed by atoms with van der Waals surface area (Å²) in [4.78, 5) is 13.2. The summed E-state index contributed by atoms with van der Waals surface area (Å²) in [5.41, 5.74) is 0. The van der Waals surface area contributed by atoms with Gasteiger partial charge < -0.3 is 4.79 Å². The molecule has 0 aromatic heterocycles. The molecule has 0 radical (unpaired) electrons. The van der Waals surface area contributed by atoms with E-state index in [0.717, 1.165) is 12.7 Å². The SMILES string of the molecule is CCCCCC1C(C=O)N1C(C)CC. The number of nitrogens with zero attached hydrogens (tertiary/aromatic N) is 1. The van der Waals surface area contributed by atoms with Crippen LogP contribution in [0, 0.1) is 0 Å². The summed E-state index contributed by atoms with van der Waals surface area (Å²) in [5.74, 6) is 0. The lowest BCUT2D eigenvalue weighted by molar-refractivity contribution is -0.108. The van der Waals surface area contributed by atoms with Crippen molar-refractivity contribution in [3.05, 3.63) is 0 Å². The zero-order chi connectivity index (χ0) is 10.6. The van der Waals surface area contributed by atoms with Gasteiger partial charge in [0.05, 0.1) is 6.04 Å². The maximum atomic E-state index is 10.8. The first-order chi connectivity index (χ1) is 6.76. The minimum Gasteiger partial charge on any atom is -0.302 e. The lowest BCUT2D eigenvalue weighted by Crippen LogP contribution is -2.17. The molecule has 0 amide bonds. The molecule has 0 bridgehead atoms. The zero-order valence-electron chi connectivity index (χ0n) is 9.70. The molecule has 1 rings (SSSR count). The Morgan fingerprint density at radius 2 is 2.07 bits per heavy atom. The van der Waals surface area contributed by atoms with Gasteiger partial charge in [0.15, 0.2) is 0 Å². The number of rotatable bonds is 7. The third-order valence-electron chi connectivity index (χ3n) is 3.37. The van der Waals surface area contributed by atoms with Crippen LogP contribution in [0.15, 0.2) is 0 Å². The molecule has 0 aliphatic carbocycles. The first-order valence-corrected chi connectivity index (χ1v) is 5.99. The summed E-state index contributed by atoms with van der Waals surface area (Å²) in [5, 5.41) is 0. The van der Waals surface area contributed by atoms with Crippen LogP contribution in [0.3, 0.4) is 0 Å². The van der Waals surface area contributed by atoms with E-state index in [1.165, 1.54) is 25.7 Å². The quantitative estimate of drug-likeness (QED) is 0.355. The summed E-state index contributed by atoms with van der Waals surface area (Å²) < 4.78 is 0. The molecule has 4 atom stereocenters. The van der Waals surface area contributed by atoms with Crippen LogP contribution in [0.1, 0.15) is 52.9 Å². The smallest absolute Gasteiger partial charge is 0.138 e. The van der Waals surface area contributed by atoms with E-state index in [0.29, 0.717) is 12.1 Å². The fourth-order valence-electron chi connectivity index (χ4n) is 2.24. The summed E-state index contributed by atoms with van der Waals surface area (Å²) in [6, 6.07) is 1.38. The van der Waals surface area contributed by atoms with Gasteiger partial charge in [-0.05, 0) is 19.8 Å². The lowest BCUT2D eigenvalue weighted by atomic mass is 10.1. The first kappa shape index (κ1) is 11.7. The van der Waals surface area contributed by atoms with Gasteiger partial charge in [-0.2, -0.15) is 0 Å². The van der Waals surface area contributed by atoms with E-state index in [1.807, 2.05) is 0 Å². The van der Waals surface area contributed by atoms with Crippen molar-refractivity contribution in [1.29, 1.82) is 0 Å². The van der Waals surface area contributed by atoms with Crippen molar-refractivity contribution in [3.8, 4) is 0 Å². The molecule has 1 heterocycles. The highest BCUT2D eigenvalue weighted by molar-refractivity contribution is 5.64. The Morgan fingerprint density at radius 3 is 2.57 bits per heavy atom.